The maximum absolute atomic E-state index is 4.31. The van der Waals surface area contributed by atoms with Gasteiger partial charge in [-0.05, 0) is 71.8 Å². The average Bonchev–Trinajstić information content (AvgIpc) is 2.42. The van der Waals surface area contributed by atoms with E-state index in [-0.39, 0.29) is 0 Å². The number of rotatable bonds is 4. The lowest BCUT2D eigenvalue weighted by molar-refractivity contribution is 0.651. The molecule has 0 aliphatic carbocycles. The van der Waals surface area contributed by atoms with Gasteiger partial charge in [0.15, 0.2) is 5.16 Å². The maximum atomic E-state index is 4.31. The van der Waals surface area contributed by atoms with E-state index < -0.39 is 0 Å². The second-order valence-corrected chi connectivity index (χ2v) is 6.21. The highest BCUT2D eigenvalue weighted by atomic mass is 79.9. The first kappa shape index (κ1) is 14.5. The number of hydrogen-bond donors (Lipinski definition) is 1. The van der Waals surface area contributed by atoms with E-state index in [9.17, 15) is 0 Å². The minimum absolute atomic E-state index is 0.339. The summed E-state index contributed by atoms with van der Waals surface area (Å²) in [6, 6.07) is 6.70. The van der Waals surface area contributed by atoms with Crippen molar-refractivity contribution in [2.75, 3.05) is 7.05 Å². The van der Waals surface area contributed by atoms with Crippen molar-refractivity contribution in [3.63, 3.8) is 0 Å². The number of halogens is 1. The van der Waals surface area contributed by atoms with E-state index in [0.717, 1.165) is 20.1 Å². The highest BCUT2D eigenvalue weighted by Gasteiger charge is 2.08. The van der Waals surface area contributed by atoms with Crippen LogP contribution in [0.2, 0.25) is 0 Å². The number of benzene rings is 1. The Kier molecular flexibility index (Phi) is 4.96. The lowest BCUT2D eigenvalue weighted by Gasteiger charge is -2.12. The Morgan fingerprint density at radius 1 is 1.26 bits per heavy atom. The number of aryl methyl sites for hydroxylation is 1. The molecule has 0 bridgehead atoms. The van der Waals surface area contributed by atoms with Crippen LogP contribution >= 0.6 is 27.7 Å². The first-order chi connectivity index (χ1) is 9.10. The van der Waals surface area contributed by atoms with Crippen LogP contribution < -0.4 is 5.32 Å². The largest absolute Gasteiger partial charge is 0.313 e. The quantitative estimate of drug-likeness (QED) is 0.856. The number of hydrogen-bond acceptors (Lipinski definition) is 4. The van der Waals surface area contributed by atoms with Crippen LogP contribution in [-0.4, -0.2) is 17.0 Å². The maximum Gasteiger partial charge on any atom is 0.192 e. The molecule has 0 spiro atoms. The molecule has 1 atom stereocenters. The van der Waals surface area contributed by atoms with E-state index in [4.69, 9.17) is 0 Å². The Morgan fingerprint density at radius 2 is 1.95 bits per heavy atom. The van der Waals surface area contributed by atoms with Gasteiger partial charge in [0.2, 0.25) is 0 Å². The first-order valence-corrected chi connectivity index (χ1v) is 7.64. The van der Waals surface area contributed by atoms with Crippen LogP contribution in [0.1, 0.15) is 24.1 Å². The van der Waals surface area contributed by atoms with Crippen molar-refractivity contribution in [2.24, 2.45) is 0 Å². The van der Waals surface area contributed by atoms with Gasteiger partial charge in [-0.1, -0.05) is 6.07 Å². The van der Waals surface area contributed by atoms with Crippen LogP contribution in [0, 0.1) is 6.92 Å². The van der Waals surface area contributed by atoms with Gasteiger partial charge in [-0.3, -0.25) is 0 Å². The fourth-order valence-corrected chi connectivity index (χ4v) is 2.91. The standard InChI is InChI=1S/C14H16BrN3S/c1-9-7-17-14(18-8-9)19-13-5-4-11(6-12(13)15)10(2)16-3/h4-8,10,16H,1-3H3. The zero-order chi connectivity index (χ0) is 13.8. The molecule has 2 aromatic rings. The van der Waals surface area contributed by atoms with Gasteiger partial charge in [-0.25, -0.2) is 9.97 Å². The molecule has 0 aliphatic rings. The molecular formula is C14H16BrN3S. The van der Waals surface area contributed by atoms with Gasteiger partial charge in [0.05, 0.1) is 0 Å². The Hall–Kier alpha value is -0.910. The Balaban J connectivity index is 2.19. The minimum Gasteiger partial charge on any atom is -0.313 e. The normalized spacial score (nSPS) is 12.4. The van der Waals surface area contributed by atoms with Crippen LogP contribution in [0.4, 0.5) is 0 Å². The highest BCUT2D eigenvalue weighted by Crippen LogP contribution is 2.33. The summed E-state index contributed by atoms with van der Waals surface area (Å²) in [6.07, 6.45) is 3.67. The molecule has 1 N–H and O–H groups in total. The molecule has 0 saturated heterocycles. The molecule has 3 nitrogen and oxygen atoms in total. The third kappa shape index (κ3) is 3.78. The molecule has 100 valence electrons. The zero-order valence-electron chi connectivity index (χ0n) is 11.1. The van der Waals surface area contributed by atoms with Crippen LogP contribution in [-0.2, 0) is 0 Å². The summed E-state index contributed by atoms with van der Waals surface area (Å²) in [4.78, 5) is 9.74. The fraction of sp³-hybridized carbons (Fsp3) is 0.286. The Bertz CT molecular complexity index is 557. The van der Waals surface area contributed by atoms with Gasteiger partial charge >= 0.3 is 0 Å². The predicted octanol–water partition coefficient (Wildman–Crippen LogP) is 3.98. The molecule has 1 heterocycles. The third-order valence-corrected chi connectivity index (χ3v) is 4.74. The molecular weight excluding hydrogens is 322 g/mol. The van der Waals surface area contributed by atoms with Gasteiger partial charge in [0, 0.05) is 27.8 Å². The number of nitrogens with one attached hydrogen (secondary N) is 1. The topological polar surface area (TPSA) is 37.8 Å². The van der Waals surface area contributed by atoms with Gasteiger partial charge < -0.3 is 5.32 Å². The van der Waals surface area contributed by atoms with Gasteiger partial charge in [-0.2, -0.15) is 0 Å². The molecule has 0 amide bonds. The van der Waals surface area contributed by atoms with Crippen molar-refractivity contribution in [2.45, 2.75) is 29.9 Å². The van der Waals surface area contributed by atoms with Crippen LogP contribution in [0.15, 0.2) is 45.1 Å². The Labute approximate surface area is 126 Å². The lowest BCUT2D eigenvalue weighted by atomic mass is 10.1. The van der Waals surface area contributed by atoms with E-state index in [1.54, 1.807) is 11.8 Å². The highest BCUT2D eigenvalue weighted by molar-refractivity contribution is 9.10. The van der Waals surface area contributed by atoms with Crippen molar-refractivity contribution in [1.29, 1.82) is 0 Å². The van der Waals surface area contributed by atoms with Crippen LogP contribution in [0.3, 0.4) is 0 Å². The molecule has 1 aromatic carbocycles. The van der Waals surface area contributed by atoms with E-state index in [0.29, 0.717) is 6.04 Å². The van der Waals surface area contributed by atoms with Gasteiger partial charge in [0.25, 0.3) is 0 Å². The summed E-state index contributed by atoms with van der Waals surface area (Å²) in [5.74, 6) is 0. The van der Waals surface area contributed by atoms with Crippen molar-refractivity contribution in [3.8, 4) is 0 Å². The van der Waals surface area contributed by atoms with Crippen molar-refractivity contribution in [3.05, 3.63) is 46.2 Å². The summed E-state index contributed by atoms with van der Waals surface area (Å²) in [5.41, 5.74) is 2.32. The molecule has 0 radical (unpaired) electrons. The van der Waals surface area contributed by atoms with E-state index in [2.05, 4.69) is 56.3 Å². The summed E-state index contributed by atoms with van der Waals surface area (Å²) in [6.45, 7) is 4.12. The Morgan fingerprint density at radius 3 is 2.53 bits per heavy atom. The predicted molar refractivity (Wildman–Crippen MR) is 82.5 cm³/mol. The number of aromatic nitrogens is 2. The number of nitrogens with zero attached hydrogens (tertiary/aromatic N) is 2. The van der Waals surface area contributed by atoms with Gasteiger partial charge in [-0.15, -0.1) is 0 Å². The molecule has 0 saturated carbocycles. The molecule has 0 aliphatic heterocycles. The minimum atomic E-state index is 0.339. The second-order valence-electron chi connectivity index (χ2n) is 4.35. The summed E-state index contributed by atoms with van der Waals surface area (Å²) in [5, 5.41) is 4.00. The van der Waals surface area contributed by atoms with Crippen molar-refractivity contribution < 1.29 is 0 Å². The summed E-state index contributed by atoms with van der Waals surface area (Å²) >= 11 is 5.17. The monoisotopic (exact) mass is 337 g/mol. The molecule has 19 heavy (non-hydrogen) atoms. The molecule has 1 aromatic heterocycles. The lowest BCUT2D eigenvalue weighted by Crippen LogP contribution is -2.12. The van der Waals surface area contributed by atoms with Gasteiger partial charge in [0.1, 0.15) is 0 Å². The molecule has 0 fully saturated rings. The third-order valence-electron chi connectivity index (χ3n) is 2.85. The summed E-state index contributed by atoms with van der Waals surface area (Å²) in [7, 11) is 1.96. The zero-order valence-corrected chi connectivity index (χ0v) is 13.5. The van der Waals surface area contributed by atoms with E-state index >= 15 is 0 Å². The van der Waals surface area contributed by atoms with Crippen LogP contribution in [0.25, 0.3) is 0 Å². The second kappa shape index (κ2) is 6.50. The molecule has 5 heteroatoms. The molecule has 1 unspecified atom stereocenters. The van der Waals surface area contributed by atoms with Crippen molar-refractivity contribution >= 4 is 27.7 Å². The smallest absolute Gasteiger partial charge is 0.192 e. The fourth-order valence-electron chi connectivity index (χ4n) is 1.57. The SMILES string of the molecule is CNC(C)c1ccc(Sc2ncc(C)cn2)c(Br)c1. The van der Waals surface area contributed by atoms with E-state index in [1.165, 1.54) is 5.56 Å². The molecule has 2 rings (SSSR count). The first-order valence-electron chi connectivity index (χ1n) is 6.03. The van der Waals surface area contributed by atoms with Crippen LogP contribution in [0.5, 0.6) is 0 Å². The summed E-state index contributed by atoms with van der Waals surface area (Å²) < 4.78 is 1.07. The average molecular weight is 338 g/mol. The van der Waals surface area contributed by atoms with Crippen molar-refractivity contribution in [1.82, 2.24) is 15.3 Å². The van der Waals surface area contributed by atoms with E-state index in [1.807, 2.05) is 26.4 Å².